The van der Waals surface area contributed by atoms with Gasteiger partial charge in [0.25, 0.3) is 5.69 Å². The number of amides is 2. The Bertz CT molecular complexity index is 1270. The summed E-state index contributed by atoms with van der Waals surface area (Å²) in [6, 6.07) is 7.38. The first-order valence-corrected chi connectivity index (χ1v) is 14.0. The second kappa shape index (κ2) is 12.6. The van der Waals surface area contributed by atoms with Gasteiger partial charge in [0.1, 0.15) is 12.6 Å². The maximum Gasteiger partial charge on any atom is 0.271 e. The number of carbonyl (C=O) groups is 2. The van der Waals surface area contributed by atoms with Gasteiger partial charge in [-0.3, -0.25) is 24.0 Å². The van der Waals surface area contributed by atoms with Crippen LogP contribution in [0.5, 0.6) is 0 Å². The number of nitro groups is 1. The number of aryl methyl sites for hydroxylation is 1. The van der Waals surface area contributed by atoms with E-state index in [0.717, 1.165) is 16.6 Å². The van der Waals surface area contributed by atoms with Gasteiger partial charge in [-0.1, -0.05) is 42.3 Å². The molecule has 0 aliphatic carbocycles. The van der Waals surface area contributed by atoms with Gasteiger partial charge in [0, 0.05) is 40.3 Å². The molecule has 202 valence electrons. The lowest BCUT2D eigenvalue weighted by Gasteiger charge is -2.32. The summed E-state index contributed by atoms with van der Waals surface area (Å²) in [4.78, 5) is 38.5. The first-order chi connectivity index (χ1) is 17.2. The summed E-state index contributed by atoms with van der Waals surface area (Å²) >= 11 is 12.6. The monoisotopic (exact) mass is 572 g/mol. The number of nitrogens with zero attached hydrogens (tertiary/aromatic N) is 3. The van der Waals surface area contributed by atoms with Gasteiger partial charge in [0.15, 0.2) is 0 Å². The minimum Gasteiger partial charge on any atom is -0.352 e. The normalized spacial score (nSPS) is 12.9. The predicted octanol–water partition coefficient (Wildman–Crippen LogP) is 4.31. The lowest BCUT2D eigenvalue weighted by Crippen LogP contribution is -2.52. The summed E-state index contributed by atoms with van der Waals surface area (Å²) in [5.74, 6) is -1.16. The minimum absolute atomic E-state index is 0.0162. The molecule has 37 heavy (non-hydrogen) atoms. The van der Waals surface area contributed by atoms with E-state index in [1.54, 1.807) is 25.1 Å². The van der Waals surface area contributed by atoms with Crippen molar-refractivity contribution in [2.24, 2.45) is 0 Å². The van der Waals surface area contributed by atoms with Crippen molar-refractivity contribution in [3.05, 3.63) is 67.7 Å². The molecule has 13 heteroatoms. The highest BCUT2D eigenvalue weighted by Gasteiger charge is 2.32. The third-order valence-corrected chi connectivity index (χ3v) is 7.74. The third kappa shape index (κ3) is 7.80. The van der Waals surface area contributed by atoms with Gasteiger partial charge in [0.05, 0.1) is 16.9 Å². The zero-order valence-electron chi connectivity index (χ0n) is 21.2. The van der Waals surface area contributed by atoms with E-state index in [4.69, 9.17) is 23.2 Å². The number of hydrogen-bond donors (Lipinski definition) is 1. The second-order valence-electron chi connectivity index (χ2n) is 8.71. The average Bonchev–Trinajstić information content (AvgIpc) is 2.81. The number of benzene rings is 2. The Hall–Kier alpha value is -2.89. The van der Waals surface area contributed by atoms with E-state index in [9.17, 15) is 28.1 Å². The van der Waals surface area contributed by atoms with Crippen molar-refractivity contribution in [1.82, 2.24) is 10.2 Å². The summed E-state index contributed by atoms with van der Waals surface area (Å²) < 4.78 is 26.3. The highest BCUT2D eigenvalue weighted by Crippen LogP contribution is 2.29. The van der Waals surface area contributed by atoms with Crippen molar-refractivity contribution in [3.63, 3.8) is 0 Å². The van der Waals surface area contributed by atoms with Crippen LogP contribution in [0.15, 0.2) is 36.4 Å². The van der Waals surface area contributed by atoms with Gasteiger partial charge >= 0.3 is 0 Å². The van der Waals surface area contributed by atoms with Crippen molar-refractivity contribution in [2.75, 3.05) is 17.1 Å². The number of sulfonamides is 1. The molecule has 2 amide bonds. The van der Waals surface area contributed by atoms with Crippen molar-refractivity contribution in [2.45, 2.75) is 52.7 Å². The number of nitrogens with one attached hydrogen (secondary N) is 1. The van der Waals surface area contributed by atoms with Crippen LogP contribution < -0.4 is 9.62 Å². The van der Waals surface area contributed by atoms with Gasteiger partial charge in [-0.2, -0.15) is 0 Å². The number of hydrogen-bond acceptors (Lipinski definition) is 6. The molecule has 0 aromatic heterocycles. The first-order valence-electron chi connectivity index (χ1n) is 11.4. The fourth-order valence-corrected chi connectivity index (χ4v) is 4.89. The molecular weight excluding hydrogens is 543 g/mol. The Balaban J connectivity index is 2.54. The molecule has 2 aromatic carbocycles. The van der Waals surface area contributed by atoms with Crippen molar-refractivity contribution < 1.29 is 22.9 Å². The SMILES string of the molecule is CCC(C)NC(=O)C(C)N(Cc1c(Cl)cccc1Cl)C(=O)CN(c1cc([N+](=O)[O-])ccc1C)S(C)(=O)=O. The Morgan fingerprint density at radius 3 is 2.24 bits per heavy atom. The maximum atomic E-state index is 13.7. The van der Waals surface area contributed by atoms with Crippen molar-refractivity contribution >= 4 is 56.4 Å². The molecular formula is C24H30Cl2N4O6S. The van der Waals surface area contributed by atoms with E-state index >= 15 is 0 Å². The molecule has 1 N–H and O–H groups in total. The number of nitro benzene ring substituents is 1. The van der Waals surface area contributed by atoms with E-state index in [-0.39, 0.29) is 34.0 Å². The van der Waals surface area contributed by atoms with Gasteiger partial charge in [0.2, 0.25) is 21.8 Å². The minimum atomic E-state index is -4.06. The summed E-state index contributed by atoms with van der Waals surface area (Å²) in [6.07, 6.45) is 1.56. The fraction of sp³-hybridized carbons (Fsp3) is 0.417. The van der Waals surface area contributed by atoms with E-state index in [0.29, 0.717) is 17.5 Å². The molecule has 0 aliphatic heterocycles. The number of halogens is 2. The van der Waals surface area contributed by atoms with Crippen LogP contribution in [0.3, 0.4) is 0 Å². The molecule has 0 heterocycles. The Morgan fingerprint density at radius 2 is 1.73 bits per heavy atom. The molecule has 2 atom stereocenters. The van der Waals surface area contributed by atoms with E-state index in [2.05, 4.69) is 5.32 Å². The molecule has 0 saturated heterocycles. The van der Waals surface area contributed by atoms with Gasteiger partial charge in [-0.15, -0.1) is 0 Å². The summed E-state index contributed by atoms with van der Waals surface area (Å²) in [5.41, 5.74) is 0.451. The topological polar surface area (TPSA) is 130 Å². The Kier molecular flexibility index (Phi) is 10.3. The maximum absolute atomic E-state index is 13.7. The summed E-state index contributed by atoms with van der Waals surface area (Å²) in [5, 5.41) is 14.7. The standard InChI is InChI=1S/C24H30Cl2N4O6S/c1-6-16(3)27-24(32)17(4)28(13-19-20(25)8-7-9-21(19)26)23(31)14-29(37(5,35)36)22-12-18(30(33)34)11-10-15(22)2/h7-12,16-17H,6,13-14H2,1-5H3,(H,27,32). The van der Waals surface area contributed by atoms with Crippen LogP contribution in [0.1, 0.15) is 38.3 Å². The Morgan fingerprint density at radius 1 is 1.14 bits per heavy atom. The molecule has 10 nitrogen and oxygen atoms in total. The van der Waals surface area contributed by atoms with E-state index in [1.807, 2.05) is 13.8 Å². The van der Waals surface area contributed by atoms with Gasteiger partial charge < -0.3 is 10.2 Å². The quantitative estimate of drug-likeness (QED) is 0.315. The molecule has 0 fully saturated rings. The van der Waals surface area contributed by atoms with Crippen LogP contribution in [0.2, 0.25) is 10.0 Å². The number of carbonyl (C=O) groups excluding carboxylic acids is 2. The second-order valence-corrected chi connectivity index (χ2v) is 11.4. The molecule has 0 radical (unpaired) electrons. The van der Waals surface area contributed by atoms with Crippen LogP contribution in [0, 0.1) is 17.0 Å². The van der Waals surface area contributed by atoms with E-state index in [1.165, 1.54) is 24.0 Å². The van der Waals surface area contributed by atoms with E-state index < -0.39 is 39.3 Å². The molecule has 2 rings (SSSR count). The first kappa shape index (κ1) is 30.3. The lowest BCUT2D eigenvalue weighted by atomic mass is 10.1. The van der Waals surface area contributed by atoms with Crippen LogP contribution in [0.25, 0.3) is 0 Å². The molecule has 0 bridgehead atoms. The number of non-ortho nitro benzene ring substituents is 1. The molecule has 2 unspecified atom stereocenters. The highest BCUT2D eigenvalue weighted by molar-refractivity contribution is 7.92. The van der Waals surface area contributed by atoms with Crippen LogP contribution >= 0.6 is 23.2 Å². The molecule has 2 aromatic rings. The molecule has 0 saturated carbocycles. The Labute approximate surface area is 226 Å². The third-order valence-electron chi connectivity index (χ3n) is 5.91. The van der Waals surface area contributed by atoms with Crippen molar-refractivity contribution in [3.8, 4) is 0 Å². The predicted molar refractivity (Wildman–Crippen MR) is 144 cm³/mol. The van der Waals surface area contributed by atoms with Crippen LogP contribution in [0.4, 0.5) is 11.4 Å². The summed E-state index contributed by atoms with van der Waals surface area (Å²) in [7, 11) is -4.06. The zero-order chi connectivity index (χ0) is 28.1. The fourth-order valence-electron chi connectivity index (χ4n) is 3.48. The summed E-state index contributed by atoms with van der Waals surface area (Å²) in [6.45, 7) is 5.93. The number of rotatable bonds is 11. The number of anilines is 1. The van der Waals surface area contributed by atoms with Crippen LogP contribution in [-0.2, 0) is 26.2 Å². The lowest BCUT2D eigenvalue weighted by molar-refractivity contribution is -0.384. The zero-order valence-corrected chi connectivity index (χ0v) is 23.5. The van der Waals surface area contributed by atoms with Gasteiger partial charge in [-0.05, 0) is 44.9 Å². The molecule has 0 aliphatic rings. The van der Waals surface area contributed by atoms with Crippen molar-refractivity contribution in [1.29, 1.82) is 0 Å². The smallest absolute Gasteiger partial charge is 0.271 e. The highest BCUT2D eigenvalue weighted by atomic mass is 35.5. The van der Waals surface area contributed by atoms with Gasteiger partial charge in [-0.25, -0.2) is 8.42 Å². The average molecular weight is 573 g/mol. The van der Waals surface area contributed by atoms with Crippen LogP contribution in [-0.4, -0.2) is 54.9 Å². The molecule has 0 spiro atoms. The largest absolute Gasteiger partial charge is 0.352 e.